The molecule has 1 aromatic rings. The smallest absolute Gasteiger partial charge is 0.239 e. The third-order valence-corrected chi connectivity index (χ3v) is 6.04. The van der Waals surface area contributed by atoms with E-state index in [1.807, 2.05) is 0 Å². The van der Waals surface area contributed by atoms with Gasteiger partial charge in [-0.2, -0.15) is 0 Å². The Morgan fingerprint density at radius 1 is 1.35 bits per heavy atom. The van der Waals surface area contributed by atoms with Crippen LogP contribution in [0.3, 0.4) is 0 Å². The van der Waals surface area contributed by atoms with Gasteiger partial charge in [0.2, 0.25) is 5.91 Å². The SMILES string of the molecule is Cc1ccc2c(c1)NC(NC(=O)[C@@H]1CCN1C1CCOCC1)S2. The minimum atomic E-state index is -0.0589. The number of nitrogens with zero attached hydrogens (tertiary/aromatic N) is 1. The highest BCUT2D eigenvalue weighted by molar-refractivity contribution is 8.00. The number of hydrogen-bond donors (Lipinski definition) is 2. The molecule has 2 N–H and O–H groups in total. The van der Waals surface area contributed by atoms with E-state index in [1.54, 1.807) is 11.8 Å². The zero-order valence-electron chi connectivity index (χ0n) is 13.4. The lowest BCUT2D eigenvalue weighted by Crippen LogP contribution is -2.61. The number of fused-ring (bicyclic) bond motifs is 1. The van der Waals surface area contributed by atoms with Crippen molar-refractivity contribution in [2.45, 2.75) is 48.7 Å². The van der Waals surface area contributed by atoms with Gasteiger partial charge in [-0.25, -0.2) is 0 Å². The molecule has 0 spiro atoms. The number of hydrogen-bond acceptors (Lipinski definition) is 5. The fraction of sp³-hybridized carbons (Fsp3) is 0.588. The molecule has 3 heterocycles. The highest BCUT2D eigenvalue weighted by Gasteiger charge is 2.40. The Bertz CT molecular complexity index is 604. The molecule has 6 heteroatoms. The molecule has 1 unspecified atom stereocenters. The van der Waals surface area contributed by atoms with E-state index in [2.05, 4.69) is 40.7 Å². The molecule has 0 aromatic heterocycles. The van der Waals surface area contributed by atoms with Crippen LogP contribution in [-0.2, 0) is 9.53 Å². The second-order valence-corrected chi connectivity index (χ2v) is 7.68. The summed E-state index contributed by atoms with van der Waals surface area (Å²) in [5.74, 6) is 0.150. The normalized spacial score (nSPS) is 27.9. The number of likely N-dealkylation sites (tertiary alicyclic amines) is 1. The van der Waals surface area contributed by atoms with Crippen LogP contribution in [0.1, 0.15) is 24.8 Å². The van der Waals surface area contributed by atoms with Gasteiger partial charge in [0.15, 0.2) is 5.50 Å². The Hall–Kier alpha value is -1.24. The van der Waals surface area contributed by atoms with E-state index >= 15 is 0 Å². The van der Waals surface area contributed by atoms with Crippen LogP contribution in [0.25, 0.3) is 0 Å². The summed E-state index contributed by atoms with van der Waals surface area (Å²) in [6, 6.07) is 6.90. The van der Waals surface area contributed by atoms with Gasteiger partial charge < -0.3 is 15.4 Å². The van der Waals surface area contributed by atoms with Crippen molar-refractivity contribution < 1.29 is 9.53 Å². The number of ether oxygens (including phenoxy) is 1. The van der Waals surface area contributed by atoms with Crippen LogP contribution in [0, 0.1) is 6.92 Å². The highest BCUT2D eigenvalue weighted by Crippen LogP contribution is 2.38. The van der Waals surface area contributed by atoms with Gasteiger partial charge in [0.05, 0.1) is 11.7 Å². The maximum Gasteiger partial charge on any atom is 0.239 e. The van der Waals surface area contributed by atoms with Crippen LogP contribution in [0.5, 0.6) is 0 Å². The minimum Gasteiger partial charge on any atom is -0.381 e. The Morgan fingerprint density at radius 2 is 2.17 bits per heavy atom. The minimum absolute atomic E-state index is 0.0333. The van der Waals surface area contributed by atoms with Crippen LogP contribution in [-0.4, -0.2) is 48.1 Å². The molecule has 0 saturated carbocycles. The number of nitrogens with one attached hydrogen (secondary N) is 2. The molecule has 3 aliphatic rings. The van der Waals surface area contributed by atoms with Gasteiger partial charge in [0.25, 0.3) is 0 Å². The molecule has 124 valence electrons. The molecule has 0 bridgehead atoms. The van der Waals surface area contributed by atoms with Crippen molar-refractivity contribution in [1.29, 1.82) is 0 Å². The van der Waals surface area contributed by atoms with E-state index in [0.29, 0.717) is 6.04 Å². The first-order valence-corrected chi connectivity index (χ1v) is 9.26. The van der Waals surface area contributed by atoms with Gasteiger partial charge in [-0.1, -0.05) is 17.8 Å². The molecule has 3 aliphatic heterocycles. The number of amides is 1. The molecule has 0 aliphatic carbocycles. The molecule has 2 saturated heterocycles. The van der Waals surface area contributed by atoms with Crippen molar-refractivity contribution in [2.24, 2.45) is 0 Å². The topological polar surface area (TPSA) is 53.6 Å². The first-order chi connectivity index (χ1) is 11.2. The van der Waals surface area contributed by atoms with E-state index in [9.17, 15) is 4.79 Å². The quantitative estimate of drug-likeness (QED) is 0.888. The van der Waals surface area contributed by atoms with Crippen LogP contribution < -0.4 is 10.6 Å². The Balaban J connectivity index is 1.34. The average molecular weight is 333 g/mol. The van der Waals surface area contributed by atoms with Crippen molar-refractivity contribution in [3.05, 3.63) is 23.8 Å². The van der Waals surface area contributed by atoms with E-state index in [4.69, 9.17) is 4.74 Å². The molecule has 1 aromatic carbocycles. The van der Waals surface area contributed by atoms with Crippen LogP contribution in [0.2, 0.25) is 0 Å². The lowest BCUT2D eigenvalue weighted by molar-refractivity contribution is -0.134. The van der Waals surface area contributed by atoms with Gasteiger partial charge >= 0.3 is 0 Å². The van der Waals surface area contributed by atoms with E-state index in [-0.39, 0.29) is 17.4 Å². The number of carbonyl (C=O) groups is 1. The van der Waals surface area contributed by atoms with Gasteiger partial charge in [-0.05, 0) is 43.9 Å². The van der Waals surface area contributed by atoms with Gasteiger partial charge in [0, 0.05) is 30.7 Å². The van der Waals surface area contributed by atoms with E-state index < -0.39 is 0 Å². The fourth-order valence-corrected chi connectivity index (χ4v) is 4.60. The molecule has 2 atom stereocenters. The summed E-state index contributed by atoms with van der Waals surface area (Å²) in [5.41, 5.74) is 2.29. The maximum absolute atomic E-state index is 12.6. The first-order valence-electron chi connectivity index (χ1n) is 8.38. The number of thioether (sulfide) groups is 1. The van der Waals surface area contributed by atoms with Crippen LogP contribution in [0.4, 0.5) is 5.69 Å². The first kappa shape index (κ1) is 15.3. The molecule has 4 rings (SSSR count). The third kappa shape index (κ3) is 3.07. The standard InChI is InChI=1S/C17H23N3O2S/c1-11-2-3-15-13(10-11)18-17(23-15)19-16(21)14-4-7-20(14)12-5-8-22-9-6-12/h2-3,10,12,14,17-18H,4-9H2,1H3,(H,19,21)/t14-,17?/m0/s1. The Labute approximate surface area is 141 Å². The molecular formula is C17H23N3O2S. The van der Waals surface area contributed by atoms with E-state index in [1.165, 1.54) is 10.5 Å². The van der Waals surface area contributed by atoms with Crippen LogP contribution in [0.15, 0.2) is 23.1 Å². The summed E-state index contributed by atoms with van der Waals surface area (Å²) in [5, 5.41) is 6.55. The Morgan fingerprint density at radius 3 is 2.91 bits per heavy atom. The van der Waals surface area contributed by atoms with E-state index in [0.717, 1.165) is 44.7 Å². The summed E-state index contributed by atoms with van der Waals surface area (Å²) in [6.07, 6.45) is 3.06. The van der Waals surface area contributed by atoms with Crippen LogP contribution >= 0.6 is 11.8 Å². The number of rotatable bonds is 3. The number of anilines is 1. The lowest BCUT2D eigenvalue weighted by atomic mass is 9.95. The zero-order valence-corrected chi connectivity index (χ0v) is 14.2. The van der Waals surface area contributed by atoms with Gasteiger partial charge in [0.1, 0.15) is 0 Å². The lowest BCUT2D eigenvalue weighted by Gasteiger charge is -2.46. The fourth-order valence-electron chi connectivity index (χ4n) is 3.59. The summed E-state index contributed by atoms with van der Waals surface area (Å²) in [6.45, 7) is 4.76. The molecule has 2 fully saturated rings. The summed E-state index contributed by atoms with van der Waals surface area (Å²) in [7, 11) is 0. The van der Waals surface area contributed by atoms with Crippen molar-refractivity contribution in [3.8, 4) is 0 Å². The van der Waals surface area contributed by atoms with Gasteiger partial charge in [-0.15, -0.1) is 0 Å². The second kappa shape index (κ2) is 6.34. The second-order valence-electron chi connectivity index (χ2n) is 6.54. The molecule has 0 radical (unpaired) electrons. The van der Waals surface area contributed by atoms with Crippen molar-refractivity contribution in [1.82, 2.24) is 10.2 Å². The van der Waals surface area contributed by atoms with Crippen molar-refractivity contribution >= 4 is 23.4 Å². The highest BCUT2D eigenvalue weighted by atomic mass is 32.2. The molecule has 1 amide bonds. The number of aryl methyl sites for hydroxylation is 1. The summed E-state index contributed by atoms with van der Waals surface area (Å²) >= 11 is 1.68. The third-order valence-electron chi connectivity index (χ3n) is 4.96. The Kier molecular flexibility index (Phi) is 4.22. The van der Waals surface area contributed by atoms with Gasteiger partial charge in [-0.3, -0.25) is 9.69 Å². The largest absolute Gasteiger partial charge is 0.381 e. The molecule has 23 heavy (non-hydrogen) atoms. The summed E-state index contributed by atoms with van der Waals surface area (Å²) < 4.78 is 5.43. The summed E-state index contributed by atoms with van der Waals surface area (Å²) in [4.78, 5) is 16.2. The number of benzene rings is 1. The van der Waals surface area contributed by atoms with Crippen molar-refractivity contribution in [2.75, 3.05) is 25.1 Å². The monoisotopic (exact) mass is 333 g/mol. The van der Waals surface area contributed by atoms with Crippen molar-refractivity contribution in [3.63, 3.8) is 0 Å². The zero-order chi connectivity index (χ0) is 15.8. The predicted octanol–water partition coefficient (Wildman–Crippen LogP) is 2.17. The average Bonchev–Trinajstić information content (AvgIpc) is 2.88. The molecular weight excluding hydrogens is 310 g/mol. The predicted molar refractivity (Wildman–Crippen MR) is 91.5 cm³/mol. The molecule has 5 nitrogen and oxygen atoms in total. The maximum atomic E-state index is 12.6. The number of carbonyl (C=O) groups excluding carboxylic acids is 1.